The van der Waals surface area contributed by atoms with Crippen LogP contribution in [0.5, 0.6) is 0 Å². The largest absolute Gasteiger partial charge is 0.474 e. The van der Waals surface area contributed by atoms with E-state index in [4.69, 9.17) is 19.5 Å². The van der Waals surface area contributed by atoms with Crippen LogP contribution in [-0.2, 0) is 22.3 Å². The van der Waals surface area contributed by atoms with Crippen LogP contribution in [0, 0.1) is 5.41 Å². The first-order valence-electron chi connectivity index (χ1n) is 9.97. The fourth-order valence-corrected chi connectivity index (χ4v) is 5.31. The Morgan fingerprint density at radius 3 is 1.67 bits per heavy atom. The summed E-state index contributed by atoms with van der Waals surface area (Å²) in [5, 5.41) is 0. The van der Waals surface area contributed by atoms with Crippen molar-refractivity contribution >= 4 is 11.8 Å². The average Bonchev–Trinajstić information content (AvgIpc) is 2.99. The van der Waals surface area contributed by atoms with E-state index in [9.17, 15) is 0 Å². The van der Waals surface area contributed by atoms with Gasteiger partial charge in [0.1, 0.15) is 29.7 Å². The van der Waals surface area contributed by atoms with E-state index >= 15 is 0 Å². The lowest BCUT2D eigenvalue weighted by molar-refractivity contribution is 0.179. The van der Waals surface area contributed by atoms with Gasteiger partial charge < -0.3 is 9.47 Å². The maximum Gasteiger partial charge on any atom is 0.200 e. The molecule has 27 heavy (non-hydrogen) atoms. The van der Waals surface area contributed by atoms with Crippen molar-refractivity contribution in [1.29, 1.82) is 0 Å². The highest BCUT2D eigenvalue weighted by Gasteiger charge is 2.61. The van der Waals surface area contributed by atoms with Crippen LogP contribution in [0.1, 0.15) is 47.2 Å². The van der Waals surface area contributed by atoms with Gasteiger partial charge in [0.25, 0.3) is 0 Å². The molecule has 4 heteroatoms. The standard InChI is InChI=1S/C23H20N2O2/c1-3-7-15-13(5-1)11-17-19(15)24-21(26-17)23(9-10-23)22-25-20-16-8-4-2-6-14(16)12-18(20)27-22/h1-8,17-20H,9-12H2/t17-,18-,19+,20+/m0/s1. The molecule has 4 nitrogen and oxygen atoms in total. The van der Waals surface area contributed by atoms with Crippen LogP contribution in [0.4, 0.5) is 0 Å². The van der Waals surface area contributed by atoms with Gasteiger partial charge in [-0.05, 0) is 35.1 Å². The average molecular weight is 356 g/mol. The number of nitrogens with zero attached hydrogens (tertiary/aromatic N) is 2. The predicted octanol–water partition coefficient (Wildman–Crippen LogP) is 3.96. The molecule has 0 saturated heterocycles. The fourth-order valence-electron chi connectivity index (χ4n) is 5.31. The molecule has 0 aromatic heterocycles. The normalized spacial score (nSPS) is 33.2. The molecule has 1 fully saturated rings. The molecule has 1 saturated carbocycles. The highest BCUT2D eigenvalue weighted by Crippen LogP contribution is 2.56. The summed E-state index contributed by atoms with van der Waals surface area (Å²) >= 11 is 0. The topological polar surface area (TPSA) is 43.2 Å². The van der Waals surface area contributed by atoms with Crippen molar-refractivity contribution in [2.45, 2.75) is 50.0 Å². The molecular formula is C23H20N2O2. The summed E-state index contributed by atoms with van der Waals surface area (Å²) in [4.78, 5) is 10.1. The number of hydrogen-bond acceptors (Lipinski definition) is 4. The zero-order chi connectivity index (χ0) is 17.6. The minimum absolute atomic E-state index is 0.149. The van der Waals surface area contributed by atoms with Gasteiger partial charge in [0.05, 0.1) is 0 Å². The van der Waals surface area contributed by atoms with E-state index in [0.717, 1.165) is 37.5 Å². The quantitative estimate of drug-likeness (QED) is 0.818. The molecule has 0 amide bonds. The van der Waals surface area contributed by atoms with Gasteiger partial charge in [0.15, 0.2) is 11.8 Å². The Morgan fingerprint density at radius 2 is 1.19 bits per heavy atom. The maximum absolute atomic E-state index is 6.39. The Morgan fingerprint density at radius 1 is 0.704 bits per heavy atom. The number of aliphatic imine (C=N–C) groups is 2. The molecule has 0 N–H and O–H groups in total. The van der Waals surface area contributed by atoms with Crippen LogP contribution in [0.2, 0.25) is 0 Å². The molecule has 2 aromatic rings. The number of rotatable bonds is 2. The van der Waals surface area contributed by atoms with Crippen LogP contribution in [0.15, 0.2) is 58.5 Å². The van der Waals surface area contributed by atoms with Gasteiger partial charge >= 0.3 is 0 Å². The Balaban J connectivity index is 1.23. The van der Waals surface area contributed by atoms with E-state index in [0.29, 0.717) is 0 Å². The van der Waals surface area contributed by atoms with Crippen LogP contribution in [0.25, 0.3) is 0 Å². The second-order valence-electron chi connectivity index (χ2n) is 8.46. The fraction of sp³-hybridized carbons (Fsp3) is 0.391. The number of benzene rings is 2. The molecule has 134 valence electrons. The number of hydrogen-bond donors (Lipinski definition) is 0. The summed E-state index contributed by atoms with van der Waals surface area (Å²) in [7, 11) is 0. The molecule has 0 spiro atoms. The summed E-state index contributed by atoms with van der Waals surface area (Å²) < 4.78 is 12.8. The molecular weight excluding hydrogens is 336 g/mol. The molecule has 7 rings (SSSR count). The van der Waals surface area contributed by atoms with E-state index in [2.05, 4.69) is 48.5 Å². The van der Waals surface area contributed by atoms with Crippen molar-refractivity contribution in [3.8, 4) is 0 Å². The van der Waals surface area contributed by atoms with Crippen LogP contribution >= 0.6 is 0 Å². The zero-order valence-electron chi connectivity index (χ0n) is 15.0. The Labute approximate surface area is 157 Å². The summed E-state index contributed by atoms with van der Waals surface area (Å²) in [6.07, 6.45) is 4.28. The van der Waals surface area contributed by atoms with Crippen LogP contribution in [-0.4, -0.2) is 24.0 Å². The maximum atomic E-state index is 6.39. The Hall–Kier alpha value is -2.62. The van der Waals surface area contributed by atoms with Gasteiger partial charge in [0.2, 0.25) is 0 Å². The Kier molecular flexibility index (Phi) is 2.57. The first-order chi connectivity index (χ1) is 13.3. The van der Waals surface area contributed by atoms with Crippen LogP contribution in [0.3, 0.4) is 0 Å². The molecule has 0 unspecified atom stereocenters. The molecule has 3 aliphatic carbocycles. The molecule has 2 heterocycles. The second-order valence-corrected chi connectivity index (χ2v) is 8.46. The van der Waals surface area contributed by atoms with E-state index in [1.807, 2.05) is 0 Å². The zero-order valence-corrected chi connectivity index (χ0v) is 15.0. The van der Waals surface area contributed by atoms with E-state index in [1.54, 1.807) is 0 Å². The summed E-state index contributed by atoms with van der Waals surface area (Å²) in [5.41, 5.74) is 5.21. The lowest BCUT2D eigenvalue weighted by atomic mass is 10.1. The van der Waals surface area contributed by atoms with Crippen LogP contribution < -0.4 is 0 Å². The van der Waals surface area contributed by atoms with E-state index in [-0.39, 0.29) is 29.7 Å². The van der Waals surface area contributed by atoms with Crippen molar-refractivity contribution in [1.82, 2.24) is 0 Å². The molecule has 2 aromatic carbocycles. The molecule has 0 radical (unpaired) electrons. The van der Waals surface area contributed by atoms with Gasteiger partial charge in [-0.25, -0.2) is 9.98 Å². The summed E-state index contributed by atoms with van der Waals surface area (Å²) in [6, 6.07) is 17.5. The van der Waals surface area contributed by atoms with Gasteiger partial charge in [-0.2, -0.15) is 0 Å². The third-order valence-corrected chi connectivity index (χ3v) is 6.90. The molecule has 2 aliphatic heterocycles. The first kappa shape index (κ1) is 14.4. The number of fused-ring (bicyclic) bond motifs is 6. The lowest BCUT2D eigenvalue weighted by Gasteiger charge is -2.18. The number of ether oxygens (including phenoxy) is 2. The minimum atomic E-state index is -0.196. The van der Waals surface area contributed by atoms with Crippen molar-refractivity contribution in [3.05, 3.63) is 70.8 Å². The van der Waals surface area contributed by atoms with Gasteiger partial charge in [-0.3, -0.25) is 0 Å². The summed E-state index contributed by atoms with van der Waals surface area (Å²) in [5.74, 6) is 1.75. The smallest absolute Gasteiger partial charge is 0.200 e. The summed E-state index contributed by atoms with van der Waals surface area (Å²) in [6.45, 7) is 0. The monoisotopic (exact) mass is 356 g/mol. The van der Waals surface area contributed by atoms with Crippen molar-refractivity contribution < 1.29 is 9.47 Å². The van der Waals surface area contributed by atoms with Crippen molar-refractivity contribution in [2.75, 3.05) is 0 Å². The predicted molar refractivity (Wildman–Crippen MR) is 102 cm³/mol. The minimum Gasteiger partial charge on any atom is -0.474 e. The van der Waals surface area contributed by atoms with E-state index in [1.165, 1.54) is 22.3 Å². The highest BCUT2D eigenvalue weighted by atomic mass is 16.5. The molecule has 4 atom stereocenters. The highest BCUT2D eigenvalue weighted by molar-refractivity contribution is 6.09. The SMILES string of the molecule is c1ccc2c(c1)C[C@@H]1OC(C3(C4=N[C@@H]5c6ccccc6C[C@@H]5O4)CC3)=N[C@H]21. The third kappa shape index (κ3) is 1.83. The Bertz CT molecular complexity index is 957. The second kappa shape index (κ2) is 4.80. The van der Waals surface area contributed by atoms with E-state index < -0.39 is 0 Å². The first-order valence-corrected chi connectivity index (χ1v) is 9.97. The van der Waals surface area contributed by atoms with Gasteiger partial charge in [-0.1, -0.05) is 48.5 Å². The third-order valence-electron chi connectivity index (χ3n) is 6.90. The lowest BCUT2D eigenvalue weighted by Crippen LogP contribution is -2.30. The van der Waals surface area contributed by atoms with Crippen molar-refractivity contribution in [3.63, 3.8) is 0 Å². The molecule has 5 aliphatic rings. The van der Waals surface area contributed by atoms with Crippen molar-refractivity contribution in [2.24, 2.45) is 15.4 Å². The van der Waals surface area contributed by atoms with Gasteiger partial charge in [-0.15, -0.1) is 0 Å². The molecule has 0 bridgehead atoms. The van der Waals surface area contributed by atoms with Gasteiger partial charge in [0, 0.05) is 12.8 Å².